The largest absolute Gasteiger partial charge is 0.357 e. The highest BCUT2D eigenvalue weighted by atomic mass is 32.1. The minimum Gasteiger partial charge on any atom is -0.357 e. The van der Waals surface area contributed by atoms with E-state index in [1.54, 1.807) is 4.90 Å². The van der Waals surface area contributed by atoms with Crippen LogP contribution in [0.25, 0.3) is 10.8 Å². The van der Waals surface area contributed by atoms with Gasteiger partial charge in [-0.05, 0) is 36.5 Å². The van der Waals surface area contributed by atoms with Crippen LogP contribution < -0.4 is 10.6 Å². The zero-order chi connectivity index (χ0) is 15.8. The summed E-state index contributed by atoms with van der Waals surface area (Å²) >= 11 is 5.40. The van der Waals surface area contributed by atoms with E-state index in [0.717, 1.165) is 35.7 Å². The van der Waals surface area contributed by atoms with Gasteiger partial charge >= 0.3 is 6.03 Å². The first kappa shape index (κ1) is 14.5. The Balaban J connectivity index is 1.61. The fourth-order valence-corrected chi connectivity index (χ4v) is 4.09. The van der Waals surface area contributed by atoms with Gasteiger partial charge in [0.1, 0.15) is 0 Å². The number of amides is 2. The van der Waals surface area contributed by atoms with Crippen LogP contribution in [-0.2, 0) is 0 Å². The molecule has 2 aromatic rings. The van der Waals surface area contributed by atoms with Crippen molar-refractivity contribution >= 4 is 39.8 Å². The lowest BCUT2D eigenvalue weighted by Crippen LogP contribution is -2.44. The Kier molecular flexibility index (Phi) is 3.65. The van der Waals surface area contributed by atoms with Crippen molar-refractivity contribution in [2.45, 2.75) is 37.8 Å². The smallest absolute Gasteiger partial charge is 0.328 e. The summed E-state index contributed by atoms with van der Waals surface area (Å²) in [7, 11) is 0. The lowest BCUT2D eigenvalue weighted by molar-refractivity contribution is 0.212. The standard InChI is InChI=1S/C18H19N3OS/c22-17(21-16-11-4-3-9-15(16)20-18(21)23)19-14-10-5-7-12-6-1-2-8-13(12)14/h1-2,5-8,10,15-16H,3-4,9,11H2,(H,19,22)(H,20,23)/t15-,16+/m1/s1. The van der Waals surface area contributed by atoms with E-state index < -0.39 is 0 Å². The monoisotopic (exact) mass is 325 g/mol. The summed E-state index contributed by atoms with van der Waals surface area (Å²) in [6.07, 6.45) is 4.46. The van der Waals surface area contributed by atoms with Gasteiger partial charge in [-0.3, -0.25) is 4.90 Å². The molecule has 2 aromatic carbocycles. The fraction of sp³-hybridized carbons (Fsp3) is 0.333. The Hall–Kier alpha value is -2.14. The average Bonchev–Trinajstić information content (AvgIpc) is 2.91. The van der Waals surface area contributed by atoms with Gasteiger partial charge in [0.2, 0.25) is 0 Å². The minimum atomic E-state index is -0.131. The van der Waals surface area contributed by atoms with Crippen molar-refractivity contribution in [3.63, 3.8) is 0 Å². The Morgan fingerprint density at radius 3 is 2.83 bits per heavy atom. The third kappa shape index (κ3) is 2.55. The number of urea groups is 1. The van der Waals surface area contributed by atoms with Crippen LogP contribution in [0.3, 0.4) is 0 Å². The van der Waals surface area contributed by atoms with Crippen LogP contribution in [0.5, 0.6) is 0 Å². The maximum Gasteiger partial charge on any atom is 0.328 e. The maximum atomic E-state index is 12.8. The highest BCUT2D eigenvalue weighted by Crippen LogP contribution is 2.29. The third-order valence-electron chi connectivity index (χ3n) is 4.84. The molecule has 0 unspecified atom stereocenters. The highest BCUT2D eigenvalue weighted by molar-refractivity contribution is 7.80. The maximum absolute atomic E-state index is 12.8. The molecular weight excluding hydrogens is 306 g/mol. The summed E-state index contributed by atoms with van der Waals surface area (Å²) in [4.78, 5) is 14.5. The first-order valence-electron chi connectivity index (χ1n) is 8.12. The van der Waals surface area contributed by atoms with Gasteiger partial charge < -0.3 is 10.6 Å². The van der Waals surface area contributed by atoms with E-state index >= 15 is 0 Å². The first-order valence-corrected chi connectivity index (χ1v) is 8.53. The SMILES string of the molecule is O=C(Nc1cccc2ccccc12)N1C(=S)N[C@@H]2CCCC[C@@H]21. The van der Waals surface area contributed by atoms with E-state index in [1.807, 2.05) is 42.5 Å². The number of carbonyl (C=O) groups is 1. The molecule has 2 amide bonds. The Bertz CT molecular complexity index is 770. The highest BCUT2D eigenvalue weighted by Gasteiger charge is 2.41. The normalized spacial score (nSPS) is 23.5. The molecule has 1 saturated carbocycles. The molecule has 0 aromatic heterocycles. The first-order chi connectivity index (χ1) is 11.2. The quantitative estimate of drug-likeness (QED) is 0.782. The summed E-state index contributed by atoms with van der Waals surface area (Å²) < 4.78 is 0. The molecule has 2 N–H and O–H groups in total. The van der Waals surface area contributed by atoms with Crippen LogP contribution in [0.15, 0.2) is 42.5 Å². The number of nitrogens with zero attached hydrogens (tertiary/aromatic N) is 1. The summed E-state index contributed by atoms with van der Waals surface area (Å²) in [5.41, 5.74) is 0.829. The second-order valence-corrected chi connectivity index (χ2v) is 6.62. The second kappa shape index (κ2) is 5.81. The van der Waals surface area contributed by atoms with E-state index in [-0.39, 0.29) is 12.1 Å². The summed E-state index contributed by atoms with van der Waals surface area (Å²) in [5.74, 6) is 0. The van der Waals surface area contributed by atoms with Crippen molar-refractivity contribution in [3.8, 4) is 0 Å². The number of benzene rings is 2. The number of hydrogen-bond donors (Lipinski definition) is 2. The Morgan fingerprint density at radius 1 is 1.13 bits per heavy atom. The van der Waals surface area contributed by atoms with Crippen molar-refractivity contribution in [3.05, 3.63) is 42.5 Å². The van der Waals surface area contributed by atoms with E-state index in [0.29, 0.717) is 11.2 Å². The summed E-state index contributed by atoms with van der Waals surface area (Å²) in [5, 5.41) is 9.07. The molecule has 1 aliphatic carbocycles. The van der Waals surface area contributed by atoms with Gasteiger partial charge in [0.05, 0.1) is 11.7 Å². The van der Waals surface area contributed by atoms with Crippen LogP contribution in [-0.4, -0.2) is 28.1 Å². The zero-order valence-corrected chi connectivity index (χ0v) is 13.6. The molecule has 0 radical (unpaired) electrons. The Morgan fingerprint density at radius 2 is 1.91 bits per heavy atom. The van der Waals surface area contributed by atoms with Crippen molar-refractivity contribution in [2.75, 3.05) is 5.32 Å². The van der Waals surface area contributed by atoms with Crippen molar-refractivity contribution in [2.24, 2.45) is 0 Å². The second-order valence-electron chi connectivity index (χ2n) is 6.23. The number of carbonyl (C=O) groups excluding carboxylic acids is 1. The van der Waals surface area contributed by atoms with Crippen LogP contribution >= 0.6 is 12.2 Å². The number of hydrogen-bond acceptors (Lipinski definition) is 2. The fourth-order valence-electron chi connectivity index (χ4n) is 3.72. The zero-order valence-electron chi connectivity index (χ0n) is 12.8. The molecule has 4 rings (SSSR count). The van der Waals surface area contributed by atoms with Crippen LogP contribution in [0.4, 0.5) is 10.5 Å². The topological polar surface area (TPSA) is 44.4 Å². The summed E-state index contributed by atoms with van der Waals surface area (Å²) in [6.45, 7) is 0. The predicted molar refractivity (Wildman–Crippen MR) is 96.6 cm³/mol. The van der Waals surface area contributed by atoms with Crippen LogP contribution in [0.1, 0.15) is 25.7 Å². The summed E-state index contributed by atoms with van der Waals surface area (Å²) in [6, 6.07) is 14.4. The molecule has 1 saturated heterocycles. The van der Waals surface area contributed by atoms with Crippen molar-refractivity contribution in [1.29, 1.82) is 0 Å². The molecule has 1 aliphatic heterocycles. The van der Waals surface area contributed by atoms with Crippen LogP contribution in [0, 0.1) is 0 Å². The van der Waals surface area contributed by atoms with Gasteiger partial charge in [-0.2, -0.15) is 0 Å². The molecule has 5 heteroatoms. The van der Waals surface area contributed by atoms with E-state index in [2.05, 4.69) is 10.6 Å². The third-order valence-corrected chi connectivity index (χ3v) is 5.15. The van der Waals surface area contributed by atoms with Gasteiger partial charge in [-0.1, -0.05) is 49.2 Å². The van der Waals surface area contributed by atoms with E-state index in [1.165, 1.54) is 6.42 Å². The van der Waals surface area contributed by atoms with Crippen molar-refractivity contribution < 1.29 is 4.79 Å². The van der Waals surface area contributed by atoms with Crippen molar-refractivity contribution in [1.82, 2.24) is 10.2 Å². The number of nitrogens with one attached hydrogen (secondary N) is 2. The average molecular weight is 325 g/mol. The molecule has 0 bridgehead atoms. The van der Waals surface area contributed by atoms with E-state index in [4.69, 9.17) is 12.2 Å². The molecule has 0 spiro atoms. The lowest BCUT2D eigenvalue weighted by Gasteiger charge is -2.29. The molecular formula is C18H19N3OS. The Labute approximate surface area is 140 Å². The predicted octanol–water partition coefficient (Wildman–Crippen LogP) is 3.87. The molecule has 4 nitrogen and oxygen atoms in total. The van der Waals surface area contributed by atoms with Crippen LogP contribution in [0.2, 0.25) is 0 Å². The number of anilines is 1. The molecule has 2 fully saturated rings. The van der Waals surface area contributed by atoms with Gasteiger partial charge in [0.15, 0.2) is 5.11 Å². The van der Waals surface area contributed by atoms with Gasteiger partial charge in [-0.15, -0.1) is 0 Å². The molecule has 2 atom stereocenters. The molecule has 1 heterocycles. The van der Waals surface area contributed by atoms with Gasteiger partial charge in [-0.25, -0.2) is 4.79 Å². The number of fused-ring (bicyclic) bond motifs is 2. The molecule has 118 valence electrons. The molecule has 2 aliphatic rings. The van der Waals surface area contributed by atoms with Gasteiger partial charge in [0, 0.05) is 11.4 Å². The lowest BCUT2D eigenvalue weighted by atomic mass is 9.91. The minimum absolute atomic E-state index is 0.131. The number of rotatable bonds is 1. The number of thiocarbonyl (C=S) groups is 1. The van der Waals surface area contributed by atoms with E-state index in [9.17, 15) is 4.79 Å². The van der Waals surface area contributed by atoms with Gasteiger partial charge in [0.25, 0.3) is 0 Å². The molecule has 23 heavy (non-hydrogen) atoms.